The third kappa shape index (κ3) is 3.42. The molecular weight excluding hydrogens is 250 g/mol. The highest BCUT2D eigenvalue weighted by molar-refractivity contribution is 5.86. The molecule has 1 aromatic heterocycles. The van der Waals surface area contributed by atoms with Crippen molar-refractivity contribution in [1.82, 2.24) is 10.3 Å². The minimum Gasteiger partial charge on any atom is -0.354 e. The maximum absolute atomic E-state index is 12.2. The average molecular weight is 269 g/mol. The zero-order valence-electron chi connectivity index (χ0n) is 11.5. The molecule has 0 saturated heterocycles. The van der Waals surface area contributed by atoms with Crippen LogP contribution in [0.3, 0.4) is 0 Å². The van der Waals surface area contributed by atoms with E-state index in [0.29, 0.717) is 6.54 Å². The molecule has 1 amide bonds. The second kappa shape index (κ2) is 6.30. The predicted molar refractivity (Wildman–Crippen MR) is 78.9 cm³/mol. The smallest absolute Gasteiger partial charge is 0.244 e. The van der Waals surface area contributed by atoms with Gasteiger partial charge in [-0.2, -0.15) is 0 Å². The summed E-state index contributed by atoms with van der Waals surface area (Å²) in [6, 6.07) is 13.3. The molecule has 0 bridgehead atoms. The molecule has 1 unspecified atom stereocenters. The molecule has 0 saturated carbocycles. The lowest BCUT2D eigenvalue weighted by molar-refractivity contribution is -0.126. The molecule has 1 atom stereocenters. The SMILES string of the molecule is CC(N)(C(=O)NCCc1ccncc1)c1ccccc1. The first-order valence-corrected chi connectivity index (χ1v) is 6.62. The molecule has 2 aromatic rings. The molecule has 3 N–H and O–H groups in total. The summed E-state index contributed by atoms with van der Waals surface area (Å²) in [6.07, 6.45) is 4.25. The highest BCUT2D eigenvalue weighted by Crippen LogP contribution is 2.17. The fraction of sp³-hybridized carbons (Fsp3) is 0.250. The Kier molecular flexibility index (Phi) is 4.48. The van der Waals surface area contributed by atoms with Crippen molar-refractivity contribution in [2.45, 2.75) is 18.9 Å². The predicted octanol–water partition coefficient (Wildman–Crippen LogP) is 1.61. The topological polar surface area (TPSA) is 68.0 Å². The van der Waals surface area contributed by atoms with Crippen LogP contribution in [0.15, 0.2) is 54.9 Å². The Morgan fingerprint density at radius 2 is 1.85 bits per heavy atom. The Hall–Kier alpha value is -2.20. The van der Waals surface area contributed by atoms with Crippen molar-refractivity contribution < 1.29 is 4.79 Å². The van der Waals surface area contributed by atoms with Crippen molar-refractivity contribution in [3.63, 3.8) is 0 Å². The maximum atomic E-state index is 12.2. The highest BCUT2D eigenvalue weighted by atomic mass is 16.2. The van der Waals surface area contributed by atoms with Gasteiger partial charge in [-0.15, -0.1) is 0 Å². The summed E-state index contributed by atoms with van der Waals surface area (Å²) in [5.41, 5.74) is 7.07. The summed E-state index contributed by atoms with van der Waals surface area (Å²) < 4.78 is 0. The number of hydrogen-bond acceptors (Lipinski definition) is 3. The lowest BCUT2D eigenvalue weighted by Gasteiger charge is -2.24. The standard InChI is InChI=1S/C16H19N3O/c1-16(17,14-5-3-2-4-6-14)15(20)19-12-9-13-7-10-18-11-8-13/h2-8,10-11H,9,12,17H2,1H3,(H,19,20). The normalized spacial score (nSPS) is 13.5. The fourth-order valence-electron chi connectivity index (χ4n) is 1.97. The van der Waals surface area contributed by atoms with Crippen molar-refractivity contribution in [2.24, 2.45) is 5.73 Å². The van der Waals surface area contributed by atoms with Gasteiger partial charge < -0.3 is 11.1 Å². The van der Waals surface area contributed by atoms with Crippen LogP contribution in [0.5, 0.6) is 0 Å². The minimum absolute atomic E-state index is 0.169. The van der Waals surface area contributed by atoms with Crippen LogP contribution in [-0.2, 0) is 16.8 Å². The molecule has 4 heteroatoms. The number of rotatable bonds is 5. The zero-order chi connectivity index (χ0) is 14.4. The number of aromatic nitrogens is 1. The van der Waals surface area contributed by atoms with Crippen molar-refractivity contribution in [3.05, 3.63) is 66.0 Å². The average Bonchev–Trinajstić information content (AvgIpc) is 2.49. The number of nitrogens with zero attached hydrogens (tertiary/aromatic N) is 1. The van der Waals surface area contributed by atoms with Crippen LogP contribution < -0.4 is 11.1 Å². The number of hydrogen-bond donors (Lipinski definition) is 2. The van der Waals surface area contributed by atoms with E-state index < -0.39 is 5.54 Å². The van der Waals surface area contributed by atoms with Crippen molar-refractivity contribution in [1.29, 1.82) is 0 Å². The van der Waals surface area contributed by atoms with E-state index in [-0.39, 0.29) is 5.91 Å². The molecule has 0 fully saturated rings. The van der Waals surface area contributed by atoms with Crippen LogP contribution in [-0.4, -0.2) is 17.4 Å². The molecule has 0 aliphatic heterocycles. The number of carbonyl (C=O) groups excluding carboxylic acids is 1. The minimum atomic E-state index is -1.01. The number of nitrogens with one attached hydrogen (secondary N) is 1. The van der Waals surface area contributed by atoms with E-state index in [1.165, 1.54) is 0 Å². The first kappa shape index (κ1) is 14.2. The van der Waals surface area contributed by atoms with Crippen LogP contribution in [0.25, 0.3) is 0 Å². The van der Waals surface area contributed by atoms with Gasteiger partial charge >= 0.3 is 0 Å². The quantitative estimate of drug-likeness (QED) is 0.866. The van der Waals surface area contributed by atoms with E-state index in [4.69, 9.17) is 5.73 Å². The summed E-state index contributed by atoms with van der Waals surface area (Å²) in [7, 11) is 0. The van der Waals surface area contributed by atoms with Crippen LogP contribution in [0, 0.1) is 0 Å². The summed E-state index contributed by atoms with van der Waals surface area (Å²) >= 11 is 0. The lowest BCUT2D eigenvalue weighted by atomic mass is 9.92. The molecule has 1 heterocycles. The van der Waals surface area contributed by atoms with Crippen LogP contribution in [0.2, 0.25) is 0 Å². The molecule has 0 radical (unpaired) electrons. The van der Waals surface area contributed by atoms with E-state index in [0.717, 1.165) is 17.5 Å². The van der Waals surface area contributed by atoms with Gasteiger partial charge in [0.05, 0.1) is 0 Å². The number of pyridine rings is 1. The third-order valence-corrected chi connectivity index (χ3v) is 3.29. The second-order valence-electron chi connectivity index (χ2n) is 4.93. The fourth-order valence-corrected chi connectivity index (χ4v) is 1.97. The lowest BCUT2D eigenvalue weighted by Crippen LogP contribution is -2.49. The summed E-state index contributed by atoms with van der Waals surface area (Å²) in [5.74, 6) is -0.169. The van der Waals surface area contributed by atoms with Gasteiger partial charge in [0.2, 0.25) is 5.91 Å². The molecule has 0 spiro atoms. The van der Waals surface area contributed by atoms with Gasteiger partial charge in [-0.1, -0.05) is 30.3 Å². The summed E-state index contributed by atoms with van der Waals surface area (Å²) in [4.78, 5) is 16.2. The van der Waals surface area contributed by atoms with Gasteiger partial charge in [-0.3, -0.25) is 9.78 Å². The molecule has 2 rings (SSSR count). The number of amides is 1. The summed E-state index contributed by atoms with van der Waals surface area (Å²) in [6.45, 7) is 2.28. The molecule has 1 aromatic carbocycles. The van der Waals surface area contributed by atoms with Crippen LogP contribution in [0.1, 0.15) is 18.1 Å². The van der Waals surface area contributed by atoms with Crippen molar-refractivity contribution in [3.8, 4) is 0 Å². The number of benzene rings is 1. The number of nitrogens with two attached hydrogens (primary N) is 1. The van der Waals surface area contributed by atoms with Gasteiger partial charge in [0.1, 0.15) is 5.54 Å². The Bertz CT molecular complexity index is 552. The maximum Gasteiger partial charge on any atom is 0.244 e. The van der Waals surface area contributed by atoms with Crippen molar-refractivity contribution >= 4 is 5.91 Å². The van der Waals surface area contributed by atoms with Gasteiger partial charge in [-0.25, -0.2) is 0 Å². The number of carbonyl (C=O) groups is 1. The highest BCUT2D eigenvalue weighted by Gasteiger charge is 2.29. The Morgan fingerprint density at radius 3 is 2.50 bits per heavy atom. The van der Waals surface area contributed by atoms with Gasteiger partial charge in [-0.05, 0) is 36.6 Å². The first-order chi connectivity index (χ1) is 9.60. The molecule has 104 valence electrons. The first-order valence-electron chi connectivity index (χ1n) is 6.62. The van der Waals surface area contributed by atoms with E-state index in [1.54, 1.807) is 19.3 Å². The van der Waals surface area contributed by atoms with Crippen LogP contribution >= 0.6 is 0 Å². The van der Waals surface area contributed by atoms with E-state index >= 15 is 0 Å². The third-order valence-electron chi connectivity index (χ3n) is 3.29. The Balaban J connectivity index is 1.91. The largest absolute Gasteiger partial charge is 0.354 e. The van der Waals surface area contributed by atoms with Gasteiger partial charge in [0.25, 0.3) is 0 Å². The molecule has 0 aliphatic rings. The molecular formula is C16H19N3O. The van der Waals surface area contributed by atoms with Gasteiger partial charge in [0, 0.05) is 18.9 Å². The molecule has 20 heavy (non-hydrogen) atoms. The monoisotopic (exact) mass is 269 g/mol. The Morgan fingerprint density at radius 1 is 1.20 bits per heavy atom. The summed E-state index contributed by atoms with van der Waals surface area (Å²) in [5, 5.41) is 2.89. The van der Waals surface area contributed by atoms with E-state index in [1.807, 2.05) is 42.5 Å². The molecule has 4 nitrogen and oxygen atoms in total. The van der Waals surface area contributed by atoms with Crippen molar-refractivity contribution in [2.75, 3.05) is 6.54 Å². The zero-order valence-corrected chi connectivity index (χ0v) is 11.5. The van der Waals surface area contributed by atoms with E-state index in [2.05, 4.69) is 10.3 Å². The second-order valence-corrected chi connectivity index (χ2v) is 4.93. The Labute approximate surface area is 119 Å². The van der Waals surface area contributed by atoms with Gasteiger partial charge in [0.15, 0.2) is 0 Å². The van der Waals surface area contributed by atoms with Crippen LogP contribution in [0.4, 0.5) is 0 Å². The molecule has 0 aliphatic carbocycles. The van der Waals surface area contributed by atoms with E-state index in [9.17, 15) is 4.79 Å².